The first-order valence-electron chi connectivity index (χ1n) is 8.52. The van der Waals surface area contributed by atoms with E-state index in [1.165, 1.54) is 5.48 Å². The summed E-state index contributed by atoms with van der Waals surface area (Å²) in [6, 6.07) is 5.30. The van der Waals surface area contributed by atoms with E-state index < -0.39 is 17.9 Å². The van der Waals surface area contributed by atoms with Crippen LogP contribution in [0.3, 0.4) is 0 Å². The van der Waals surface area contributed by atoms with Gasteiger partial charge in [0.25, 0.3) is 11.8 Å². The van der Waals surface area contributed by atoms with Crippen molar-refractivity contribution < 1.29 is 14.8 Å². The number of benzene rings is 1. The number of amides is 2. The SMILES string of the molecule is C=C(N)[C@H](NC(=O)c1ccc(C#CC#CC2CCNCC2)cc1)C(=O)NO. The van der Waals surface area contributed by atoms with Crippen LogP contribution in [0.15, 0.2) is 36.5 Å². The summed E-state index contributed by atoms with van der Waals surface area (Å²) in [7, 11) is 0. The lowest BCUT2D eigenvalue weighted by atomic mass is 9.99. The molecule has 27 heavy (non-hydrogen) atoms. The van der Waals surface area contributed by atoms with Gasteiger partial charge < -0.3 is 16.4 Å². The Kier molecular flexibility index (Phi) is 7.45. The van der Waals surface area contributed by atoms with Gasteiger partial charge in [0.2, 0.25) is 0 Å². The first-order chi connectivity index (χ1) is 13.0. The average Bonchev–Trinajstić information content (AvgIpc) is 2.69. The van der Waals surface area contributed by atoms with Crippen molar-refractivity contribution >= 4 is 11.8 Å². The van der Waals surface area contributed by atoms with E-state index in [0.29, 0.717) is 11.5 Å². The quantitative estimate of drug-likeness (QED) is 0.295. The van der Waals surface area contributed by atoms with E-state index in [2.05, 4.69) is 40.9 Å². The molecule has 1 aromatic carbocycles. The van der Waals surface area contributed by atoms with Crippen LogP contribution in [-0.2, 0) is 4.79 Å². The van der Waals surface area contributed by atoms with Crippen LogP contribution >= 0.6 is 0 Å². The number of nitrogens with one attached hydrogen (secondary N) is 3. The van der Waals surface area contributed by atoms with Gasteiger partial charge in [-0.1, -0.05) is 18.4 Å². The van der Waals surface area contributed by atoms with E-state index in [-0.39, 0.29) is 5.70 Å². The molecule has 0 radical (unpaired) electrons. The molecule has 6 N–H and O–H groups in total. The van der Waals surface area contributed by atoms with Gasteiger partial charge in [0, 0.05) is 22.7 Å². The molecule has 2 amide bonds. The minimum Gasteiger partial charge on any atom is -0.400 e. The maximum Gasteiger partial charge on any atom is 0.272 e. The van der Waals surface area contributed by atoms with Crippen LogP contribution in [0, 0.1) is 29.6 Å². The number of carbonyl (C=O) groups excluding carboxylic acids is 2. The zero-order chi connectivity index (χ0) is 19.6. The van der Waals surface area contributed by atoms with Crippen LogP contribution < -0.4 is 21.8 Å². The zero-order valence-corrected chi connectivity index (χ0v) is 14.8. The predicted molar refractivity (Wildman–Crippen MR) is 101 cm³/mol. The highest BCUT2D eigenvalue weighted by Crippen LogP contribution is 2.09. The van der Waals surface area contributed by atoms with Gasteiger partial charge >= 0.3 is 0 Å². The second kappa shape index (κ2) is 10.0. The summed E-state index contributed by atoms with van der Waals surface area (Å²) < 4.78 is 0. The van der Waals surface area contributed by atoms with Gasteiger partial charge in [0.15, 0.2) is 0 Å². The third kappa shape index (κ3) is 6.19. The molecule has 1 saturated heterocycles. The Balaban J connectivity index is 1.97. The number of hydroxylamine groups is 1. The summed E-state index contributed by atoms with van der Waals surface area (Å²) in [5.74, 6) is 10.8. The van der Waals surface area contributed by atoms with Crippen molar-refractivity contribution in [3.63, 3.8) is 0 Å². The average molecular weight is 366 g/mol. The molecule has 1 heterocycles. The third-order valence-electron chi connectivity index (χ3n) is 4.05. The van der Waals surface area contributed by atoms with Crippen molar-refractivity contribution in [2.45, 2.75) is 18.9 Å². The van der Waals surface area contributed by atoms with E-state index in [1.54, 1.807) is 24.3 Å². The molecule has 1 aliphatic rings. The fourth-order valence-electron chi connectivity index (χ4n) is 2.52. The molecular weight excluding hydrogens is 344 g/mol. The fourth-order valence-corrected chi connectivity index (χ4v) is 2.52. The van der Waals surface area contributed by atoms with Crippen LogP contribution in [0.25, 0.3) is 0 Å². The molecular formula is C20H22N4O3. The molecule has 0 saturated carbocycles. The van der Waals surface area contributed by atoms with E-state index >= 15 is 0 Å². The Bertz CT molecular complexity index is 819. The maximum atomic E-state index is 12.2. The van der Waals surface area contributed by atoms with Gasteiger partial charge in [-0.3, -0.25) is 14.8 Å². The van der Waals surface area contributed by atoms with Crippen molar-refractivity contribution in [3.05, 3.63) is 47.7 Å². The highest BCUT2D eigenvalue weighted by molar-refractivity contribution is 5.98. The number of carbonyl (C=O) groups is 2. The summed E-state index contributed by atoms with van der Waals surface area (Å²) in [6.45, 7) is 5.41. The molecule has 1 atom stereocenters. The topological polar surface area (TPSA) is 116 Å². The fraction of sp³-hybridized carbons (Fsp3) is 0.300. The van der Waals surface area contributed by atoms with Crippen molar-refractivity contribution in [3.8, 4) is 23.7 Å². The number of nitrogens with two attached hydrogens (primary N) is 1. The number of hydrogen-bond acceptors (Lipinski definition) is 5. The van der Waals surface area contributed by atoms with E-state index in [4.69, 9.17) is 10.9 Å². The predicted octanol–water partition coefficient (Wildman–Crippen LogP) is 0.117. The second-order valence-corrected chi connectivity index (χ2v) is 6.08. The Morgan fingerprint density at radius 3 is 2.48 bits per heavy atom. The highest BCUT2D eigenvalue weighted by atomic mass is 16.5. The summed E-state index contributed by atoms with van der Waals surface area (Å²) in [6.07, 6.45) is 2.09. The van der Waals surface area contributed by atoms with E-state index in [9.17, 15) is 9.59 Å². The Labute approximate surface area is 158 Å². The summed E-state index contributed by atoms with van der Waals surface area (Å²) in [5.41, 5.74) is 7.85. The van der Waals surface area contributed by atoms with Gasteiger partial charge in [0.1, 0.15) is 6.04 Å². The summed E-state index contributed by atoms with van der Waals surface area (Å²) in [5, 5.41) is 14.4. The molecule has 140 valence electrons. The van der Waals surface area contributed by atoms with Gasteiger partial charge in [-0.25, -0.2) is 5.48 Å². The molecule has 0 unspecified atom stereocenters. The summed E-state index contributed by atoms with van der Waals surface area (Å²) in [4.78, 5) is 23.7. The largest absolute Gasteiger partial charge is 0.400 e. The third-order valence-corrected chi connectivity index (χ3v) is 4.05. The smallest absolute Gasteiger partial charge is 0.272 e. The molecule has 1 fully saturated rings. The van der Waals surface area contributed by atoms with Gasteiger partial charge in [-0.2, -0.15) is 0 Å². The van der Waals surface area contributed by atoms with Crippen LogP contribution in [0.1, 0.15) is 28.8 Å². The van der Waals surface area contributed by atoms with Crippen LogP contribution in [-0.4, -0.2) is 36.2 Å². The zero-order valence-electron chi connectivity index (χ0n) is 14.8. The molecule has 0 bridgehead atoms. The second-order valence-electron chi connectivity index (χ2n) is 6.08. The monoisotopic (exact) mass is 366 g/mol. The number of rotatable bonds is 4. The lowest BCUT2D eigenvalue weighted by molar-refractivity contribution is -0.130. The lowest BCUT2D eigenvalue weighted by Gasteiger charge is -2.16. The van der Waals surface area contributed by atoms with Gasteiger partial charge in [-0.05, 0) is 62.0 Å². The molecule has 0 aliphatic carbocycles. The normalized spacial score (nSPS) is 14.6. The first kappa shape index (κ1) is 20.1. The Morgan fingerprint density at radius 1 is 1.22 bits per heavy atom. The first-order valence-corrected chi connectivity index (χ1v) is 8.52. The standard InChI is InChI=1S/C20H22N4O3/c1-14(21)18(20(26)24-27)23-19(25)17-8-6-15(7-9-17)4-2-3-5-16-10-12-22-13-11-16/h6-9,16,18,22,27H,1,10-13,21H2,(H,23,25)(H,24,26)/t18-/m0/s1. The van der Waals surface area contributed by atoms with Crippen LogP contribution in [0.4, 0.5) is 0 Å². The van der Waals surface area contributed by atoms with Crippen molar-refractivity contribution in [2.24, 2.45) is 11.7 Å². The summed E-state index contributed by atoms with van der Waals surface area (Å²) >= 11 is 0. The van der Waals surface area contributed by atoms with Crippen molar-refractivity contribution in [1.82, 2.24) is 16.1 Å². The molecule has 0 aromatic heterocycles. The molecule has 2 rings (SSSR count). The van der Waals surface area contributed by atoms with Gasteiger partial charge in [0.05, 0.1) is 0 Å². The Morgan fingerprint density at radius 2 is 1.89 bits per heavy atom. The molecule has 7 heteroatoms. The van der Waals surface area contributed by atoms with E-state index in [1.807, 2.05) is 0 Å². The minimum atomic E-state index is -1.23. The molecule has 0 spiro atoms. The lowest BCUT2D eigenvalue weighted by Crippen LogP contribution is -2.48. The minimum absolute atomic E-state index is 0.0929. The highest BCUT2D eigenvalue weighted by Gasteiger charge is 2.22. The van der Waals surface area contributed by atoms with E-state index in [0.717, 1.165) is 31.5 Å². The van der Waals surface area contributed by atoms with Crippen LogP contribution in [0.5, 0.6) is 0 Å². The van der Waals surface area contributed by atoms with Gasteiger partial charge in [-0.15, -0.1) is 0 Å². The Hall–Kier alpha value is -3.26. The number of piperidine rings is 1. The maximum absolute atomic E-state index is 12.2. The van der Waals surface area contributed by atoms with Crippen molar-refractivity contribution in [2.75, 3.05) is 13.1 Å². The van der Waals surface area contributed by atoms with Crippen molar-refractivity contribution in [1.29, 1.82) is 0 Å². The molecule has 1 aliphatic heterocycles. The number of hydrogen-bond donors (Lipinski definition) is 5. The van der Waals surface area contributed by atoms with Crippen LogP contribution in [0.2, 0.25) is 0 Å². The molecule has 1 aromatic rings. The molecule has 7 nitrogen and oxygen atoms in total.